The number of hydrogen-bond acceptors (Lipinski definition) is 3. The van der Waals surface area contributed by atoms with E-state index in [1.54, 1.807) is 6.20 Å². The molecule has 5 heteroatoms. The number of nitrogens with zero attached hydrogens (tertiary/aromatic N) is 2. The third kappa shape index (κ3) is 4.28. The summed E-state index contributed by atoms with van der Waals surface area (Å²) in [6, 6.07) is 1.15. The zero-order valence-electron chi connectivity index (χ0n) is 12.9. The predicted molar refractivity (Wildman–Crippen MR) is 82.6 cm³/mol. The van der Waals surface area contributed by atoms with E-state index in [1.165, 1.54) is 12.8 Å². The van der Waals surface area contributed by atoms with Gasteiger partial charge in [0.1, 0.15) is 6.73 Å². The minimum Gasteiger partial charge on any atom is -0.361 e. The number of rotatable bonds is 7. The normalized spacial score (nSPS) is 16.8. The van der Waals surface area contributed by atoms with Gasteiger partial charge < -0.3 is 9.30 Å². The number of ketones is 1. The maximum atomic E-state index is 12.4. The minimum absolute atomic E-state index is 0.179. The molecule has 1 heterocycles. The van der Waals surface area contributed by atoms with E-state index in [4.69, 9.17) is 4.74 Å². The fourth-order valence-electron chi connectivity index (χ4n) is 2.55. The molecule has 112 valence electrons. The standard InChI is InChI=1S/C15H26N2O2Si/c1-20(2,3)11-10-19-12-17-9-8-16-15(17)14(18)13-6-4-5-7-13/h8-9,13H,4-7,10-12H2,1-3H3. The maximum absolute atomic E-state index is 12.4. The molecule has 1 aromatic heterocycles. The first kappa shape index (κ1) is 15.4. The zero-order valence-corrected chi connectivity index (χ0v) is 13.9. The highest BCUT2D eigenvalue weighted by Crippen LogP contribution is 2.27. The smallest absolute Gasteiger partial charge is 0.201 e. The highest BCUT2D eigenvalue weighted by molar-refractivity contribution is 6.76. The summed E-state index contributed by atoms with van der Waals surface area (Å²) in [5.74, 6) is 0.948. The first-order valence-electron chi connectivity index (χ1n) is 7.60. The van der Waals surface area contributed by atoms with Crippen LogP contribution in [0.5, 0.6) is 0 Å². The van der Waals surface area contributed by atoms with Gasteiger partial charge >= 0.3 is 0 Å². The Morgan fingerprint density at radius 3 is 2.75 bits per heavy atom. The highest BCUT2D eigenvalue weighted by Gasteiger charge is 2.26. The number of carbonyl (C=O) groups excluding carboxylic acids is 1. The van der Waals surface area contributed by atoms with E-state index in [9.17, 15) is 4.79 Å². The van der Waals surface area contributed by atoms with Crippen molar-refractivity contribution < 1.29 is 9.53 Å². The molecule has 0 aromatic carbocycles. The number of hydrogen-bond donors (Lipinski definition) is 0. The lowest BCUT2D eigenvalue weighted by molar-refractivity contribution is 0.0770. The van der Waals surface area contributed by atoms with Crippen molar-refractivity contribution in [3.63, 3.8) is 0 Å². The summed E-state index contributed by atoms with van der Waals surface area (Å²) in [6.45, 7) is 8.22. The molecular formula is C15H26N2O2Si. The Balaban J connectivity index is 1.86. The van der Waals surface area contributed by atoms with Gasteiger partial charge in [-0.05, 0) is 18.9 Å². The third-order valence-corrected chi connectivity index (χ3v) is 5.59. The van der Waals surface area contributed by atoms with E-state index in [-0.39, 0.29) is 11.7 Å². The second-order valence-corrected chi connectivity index (χ2v) is 12.5. The fourth-order valence-corrected chi connectivity index (χ4v) is 3.31. The topological polar surface area (TPSA) is 44.1 Å². The van der Waals surface area contributed by atoms with Crippen molar-refractivity contribution in [3.8, 4) is 0 Å². The Labute approximate surface area is 122 Å². The SMILES string of the molecule is C[Si](C)(C)CCOCn1ccnc1C(=O)C1CCCC1. The lowest BCUT2D eigenvalue weighted by Gasteiger charge is -2.16. The molecule has 0 amide bonds. The summed E-state index contributed by atoms with van der Waals surface area (Å²) in [5, 5.41) is 0. The van der Waals surface area contributed by atoms with Crippen LogP contribution < -0.4 is 0 Å². The molecular weight excluding hydrogens is 268 g/mol. The van der Waals surface area contributed by atoms with Gasteiger partial charge in [-0.1, -0.05) is 32.5 Å². The van der Waals surface area contributed by atoms with Gasteiger partial charge in [-0.15, -0.1) is 0 Å². The molecule has 1 aliphatic carbocycles. The van der Waals surface area contributed by atoms with Gasteiger partial charge in [0, 0.05) is 33.0 Å². The van der Waals surface area contributed by atoms with Crippen LogP contribution in [0.1, 0.15) is 36.3 Å². The maximum Gasteiger partial charge on any atom is 0.201 e. The van der Waals surface area contributed by atoms with Gasteiger partial charge in [-0.3, -0.25) is 4.79 Å². The van der Waals surface area contributed by atoms with E-state index in [1.807, 2.05) is 10.8 Å². The molecule has 0 aliphatic heterocycles. The number of aromatic nitrogens is 2. The highest BCUT2D eigenvalue weighted by atomic mass is 28.3. The summed E-state index contributed by atoms with van der Waals surface area (Å²) in [5.41, 5.74) is 0. The number of Topliss-reactive ketones (excluding diaryl/α,β-unsaturated/α-hetero) is 1. The van der Waals surface area contributed by atoms with Gasteiger partial charge in [0.05, 0.1) is 0 Å². The monoisotopic (exact) mass is 294 g/mol. The summed E-state index contributed by atoms with van der Waals surface area (Å²) in [7, 11) is -1.05. The van der Waals surface area contributed by atoms with Gasteiger partial charge in [0.25, 0.3) is 0 Å². The van der Waals surface area contributed by atoms with Crippen molar-refractivity contribution in [1.82, 2.24) is 9.55 Å². The Kier molecular flexibility index (Phi) is 5.15. The van der Waals surface area contributed by atoms with Crippen LogP contribution in [0.3, 0.4) is 0 Å². The fraction of sp³-hybridized carbons (Fsp3) is 0.733. The van der Waals surface area contributed by atoms with Crippen LogP contribution in [-0.2, 0) is 11.5 Å². The Hall–Kier alpha value is -0.943. The first-order valence-corrected chi connectivity index (χ1v) is 11.3. The van der Waals surface area contributed by atoms with Gasteiger partial charge in [0.15, 0.2) is 5.82 Å². The summed E-state index contributed by atoms with van der Waals surface area (Å²) < 4.78 is 7.57. The average Bonchev–Trinajstić information content (AvgIpc) is 3.03. The third-order valence-electron chi connectivity index (χ3n) is 3.89. The number of ether oxygens (including phenoxy) is 1. The van der Waals surface area contributed by atoms with Gasteiger partial charge in [-0.25, -0.2) is 4.98 Å². The molecule has 1 fully saturated rings. The molecule has 0 atom stereocenters. The van der Waals surface area contributed by atoms with Crippen LogP contribution in [0.4, 0.5) is 0 Å². The second-order valence-electron chi connectivity index (χ2n) is 6.91. The zero-order chi connectivity index (χ0) is 14.6. The second kappa shape index (κ2) is 6.67. The molecule has 2 rings (SSSR count). The lowest BCUT2D eigenvalue weighted by Crippen LogP contribution is -2.23. The van der Waals surface area contributed by atoms with E-state index in [0.29, 0.717) is 12.6 Å². The molecule has 1 saturated carbocycles. The van der Waals surface area contributed by atoms with Crippen molar-refractivity contribution in [2.24, 2.45) is 5.92 Å². The number of imidazole rings is 1. The largest absolute Gasteiger partial charge is 0.361 e. The lowest BCUT2D eigenvalue weighted by atomic mass is 10.0. The van der Waals surface area contributed by atoms with Crippen LogP contribution in [0, 0.1) is 5.92 Å². The summed E-state index contributed by atoms with van der Waals surface area (Å²) in [6.07, 6.45) is 7.92. The predicted octanol–water partition coefficient (Wildman–Crippen LogP) is 3.57. The first-order chi connectivity index (χ1) is 9.47. The molecule has 20 heavy (non-hydrogen) atoms. The van der Waals surface area contributed by atoms with Crippen molar-refractivity contribution >= 4 is 13.9 Å². The van der Waals surface area contributed by atoms with Crippen LogP contribution in [0.2, 0.25) is 25.7 Å². The number of carbonyl (C=O) groups is 1. The van der Waals surface area contributed by atoms with Crippen molar-refractivity contribution in [3.05, 3.63) is 18.2 Å². The van der Waals surface area contributed by atoms with Crippen molar-refractivity contribution in [2.75, 3.05) is 6.61 Å². The van der Waals surface area contributed by atoms with Crippen LogP contribution in [0.15, 0.2) is 12.4 Å². The molecule has 1 aromatic rings. The molecule has 0 unspecified atom stereocenters. The van der Waals surface area contributed by atoms with Crippen LogP contribution in [-0.4, -0.2) is 30.0 Å². The molecule has 0 spiro atoms. The Bertz CT molecular complexity index is 445. The Morgan fingerprint density at radius 2 is 2.10 bits per heavy atom. The minimum atomic E-state index is -1.05. The Morgan fingerprint density at radius 1 is 1.40 bits per heavy atom. The molecule has 0 saturated heterocycles. The van der Waals surface area contributed by atoms with Crippen LogP contribution in [0.25, 0.3) is 0 Å². The van der Waals surface area contributed by atoms with E-state index < -0.39 is 8.07 Å². The van der Waals surface area contributed by atoms with E-state index in [0.717, 1.165) is 25.5 Å². The molecule has 1 aliphatic rings. The van der Waals surface area contributed by atoms with Gasteiger partial charge in [-0.2, -0.15) is 0 Å². The summed E-state index contributed by atoms with van der Waals surface area (Å²) >= 11 is 0. The van der Waals surface area contributed by atoms with Gasteiger partial charge in [0.2, 0.25) is 5.78 Å². The molecule has 0 N–H and O–H groups in total. The molecule has 0 radical (unpaired) electrons. The van der Waals surface area contributed by atoms with Crippen LogP contribution >= 0.6 is 0 Å². The summed E-state index contributed by atoms with van der Waals surface area (Å²) in [4.78, 5) is 16.6. The molecule has 4 nitrogen and oxygen atoms in total. The van der Waals surface area contributed by atoms with Crippen molar-refractivity contribution in [2.45, 2.75) is 58.1 Å². The van der Waals surface area contributed by atoms with Crippen molar-refractivity contribution in [1.29, 1.82) is 0 Å². The average molecular weight is 294 g/mol. The van der Waals surface area contributed by atoms with E-state index in [2.05, 4.69) is 24.6 Å². The molecule has 0 bridgehead atoms. The van der Waals surface area contributed by atoms with E-state index >= 15 is 0 Å². The quantitative estimate of drug-likeness (QED) is 0.439.